The summed E-state index contributed by atoms with van der Waals surface area (Å²) in [5.41, 5.74) is 2.98. The van der Waals surface area contributed by atoms with Gasteiger partial charge >= 0.3 is 0 Å². The number of rotatable bonds is 4. The van der Waals surface area contributed by atoms with Crippen molar-refractivity contribution in [2.45, 2.75) is 18.8 Å². The molecule has 0 spiro atoms. The summed E-state index contributed by atoms with van der Waals surface area (Å²) in [5.74, 6) is 0.653. The van der Waals surface area contributed by atoms with E-state index >= 15 is 0 Å². The van der Waals surface area contributed by atoms with Gasteiger partial charge in [0.1, 0.15) is 6.33 Å². The third kappa shape index (κ3) is 3.53. The van der Waals surface area contributed by atoms with Crippen LogP contribution in [-0.4, -0.2) is 46.0 Å². The molecule has 0 saturated carbocycles. The van der Waals surface area contributed by atoms with E-state index in [0.717, 1.165) is 29.7 Å². The minimum absolute atomic E-state index is 0.123. The van der Waals surface area contributed by atoms with Crippen LogP contribution >= 0.6 is 0 Å². The maximum absolute atomic E-state index is 12.8. The molecule has 1 fully saturated rings. The summed E-state index contributed by atoms with van der Waals surface area (Å²) in [6.07, 6.45) is 8.79. The maximum atomic E-state index is 12.8. The highest BCUT2D eigenvalue weighted by molar-refractivity contribution is 5.91. The first kappa shape index (κ1) is 17.2. The normalized spacial score (nSPS) is 16.9. The summed E-state index contributed by atoms with van der Waals surface area (Å²) in [6, 6.07) is 7.20. The van der Waals surface area contributed by atoms with Gasteiger partial charge in [-0.2, -0.15) is 0 Å². The topological polar surface area (TPSA) is 81.4 Å². The summed E-state index contributed by atoms with van der Waals surface area (Å²) < 4.78 is 10.5. The molecular formula is C20H20N4O3. The molecule has 1 unspecified atom stereocenters. The predicted octanol–water partition coefficient (Wildman–Crippen LogP) is 3.16. The van der Waals surface area contributed by atoms with E-state index in [2.05, 4.69) is 15.0 Å². The van der Waals surface area contributed by atoms with Crippen LogP contribution in [0.4, 0.5) is 0 Å². The van der Waals surface area contributed by atoms with E-state index in [1.807, 2.05) is 23.2 Å². The van der Waals surface area contributed by atoms with Gasteiger partial charge in [-0.25, -0.2) is 9.97 Å². The second-order valence-corrected chi connectivity index (χ2v) is 6.47. The molecule has 0 aromatic carbocycles. The smallest absolute Gasteiger partial charge is 0.289 e. The highest BCUT2D eigenvalue weighted by atomic mass is 16.6. The number of hydrogen-bond acceptors (Lipinski definition) is 6. The summed E-state index contributed by atoms with van der Waals surface area (Å²) in [5, 5.41) is 0. The number of aromatic nitrogens is 3. The number of methoxy groups -OCH3 is 1. The van der Waals surface area contributed by atoms with Crippen molar-refractivity contribution in [2.75, 3.05) is 20.2 Å². The highest BCUT2D eigenvalue weighted by Crippen LogP contribution is 2.33. The van der Waals surface area contributed by atoms with Gasteiger partial charge in [0.2, 0.25) is 0 Å². The van der Waals surface area contributed by atoms with Crippen molar-refractivity contribution in [2.24, 2.45) is 0 Å². The molecule has 0 bridgehead atoms. The summed E-state index contributed by atoms with van der Waals surface area (Å²) >= 11 is 0. The Balaban J connectivity index is 1.58. The largest absolute Gasteiger partial charge is 0.468 e. The molecule has 4 rings (SSSR count). The Morgan fingerprint density at radius 1 is 1.22 bits per heavy atom. The first-order valence-corrected chi connectivity index (χ1v) is 8.89. The first-order valence-electron chi connectivity index (χ1n) is 8.89. The van der Waals surface area contributed by atoms with Crippen LogP contribution < -0.4 is 4.74 Å². The molecule has 1 saturated heterocycles. The van der Waals surface area contributed by atoms with Gasteiger partial charge in [0.15, 0.2) is 5.76 Å². The Kier molecular flexibility index (Phi) is 4.82. The number of hydrogen-bond donors (Lipinski definition) is 0. The third-order valence-electron chi connectivity index (χ3n) is 4.82. The molecule has 1 aliphatic heterocycles. The fourth-order valence-corrected chi connectivity index (χ4v) is 3.50. The molecule has 7 heteroatoms. The van der Waals surface area contributed by atoms with E-state index in [1.165, 1.54) is 7.11 Å². The van der Waals surface area contributed by atoms with Crippen molar-refractivity contribution in [3.8, 4) is 17.1 Å². The van der Waals surface area contributed by atoms with Crippen LogP contribution in [0.2, 0.25) is 0 Å². The van der Waals surface area contributed by atoms with Gasteiger partial charge in [-0.1, -0.05) is 0 Å². The molecule has 138 valence electrons. The molecule has 7 nitrogen and oxygen atoms in total. The second-order valence-electron chi connectivity index (χ2n) is 6.47. The molecule has 1 aliphatic rings. The van der Waals surface area contributed by atoms with Crippen LogP contribution in [0.25, 0.3) is 11.1 Å². The number of ether oxygens (including phenoxy) is 1. The van der Waals surface area contributed by atoms with Crippen LogP contribution in [0.3, 0.4) is 0 Å². The Morgan fingerprint density at radius 2 is 2.07 bits per heavy atom. The number of pyridine rings is 1. The van der Waals surface area contributed by atoms with E-state index < -0.39 is 0 Å². The van der Waals surface area contributed by atoms with E-state index in [9.17, 15) is 4.79 Å². The van der Waals surface area contributed by atoms with Gasteiger partial charge in [0, 0.05) is 49.2 Å². The lowest BCUT2D eigenvalue weighted by Crippen LogP contribution is -2.39. The number of carbonyl (C=O) groups excluding carboxylic acids is 1. The van der Waals surface area contributed by atoms with Crippen molar-refractivity contribution in [3.05, 3.63) is 60.6 Å². The molecule has 27 heavy (non-hydrogen) atoms. The van der Waals surface area contributed by atoms with Crippen LogP contribution in [0.5, 0.6) is 5.95 Å². The molecule has 3 aromatic heterocycles. The van der Waals surface area contributed by atoms with Crippen LogP contribution in [0, 0.1) is 0 Å². The molecule has 0 aliphatic carbocycles. The molecule has 1 amide bonds. The maximum Gasteiger partial charge on any atom is 0.289 e. The lowest BCUT2D eigenvalue weighted by atomic mass is 9.90. The third-order valence-corrected chi connectivity index (χ3v) is 4.82. The molecule has 1 atom stereocenters. The number of piperidine rings is 1. The summed E-state index contributed by atoms with van der Waals surface area (Å²) in [6.45, 7) is 1.30. The average molecular weight is 364 g/mol. The molecule has 3 aromatic rings. The number of amides is 1. The van der Waals surface area contributed by atoms with Gasteiger partial charge in [-0.05, 0) is 36.6 Å². The Hall–Kier alpha value is -3.22. The average Bonchev–Trinajstić information content (AvgIpc) is 3.23. The minimum atomic E-state index is -0.123. The Morgan fingerprint density at radius 3 is 2.85 bits per heavy atom. The number of likely N-dealkylation sites (tertiary alicyclic amines) is 1. The van der Waals surface area contributed by atoms with Crippen molar-refractivity contribution < 1.29 is 13.9 Å². The van der Waals surface area contributed by atoms with E-state index in [4.69, 9.17) is 9.15 Å². The minimum Gasteiger partial charge on any atom is -0.468 e. The van der Waals surface area contributed by atoms with Crippen LogP contribution in [0.1, 0.15) is 35.0 Å². The van der Waals surface area contributed by atoms with Gasteiger partial charge < -0.3 is 14.1 Å². The molecule has 0 N–H and O–H groups in total. The van der Waals surface area contributed by atoms with Crippen molar-refractivity contribution >= 4 is 5.91 Å². The lowest BCUT2D eigenvalue weighted by Gasteiger charge is -2.32. The quantitative estimate of drug-likeness (QED) is 0.707. The van der Waals surface area contributed by atoms with E-state index in [0.29, 0.717) is 24.8 Å². The molecule has 4 heterocycles. The van der Waals surface area contributed by atoms with Gasteiger partial charge in [0.25, 0.3) is 11.9 Å². The van der Waals surface area contributed by atoms with E-state index in [1.54, 1.807) is 30.9 Å². The number of carbonyl (C=O) groups is 1. The van der Waals surface area contributed by atoms with Gasteiger partial charge in [-0.3, -0.25) is 9.78 Å². The summed E-state index contributed by atoms with van der Waals surface area (Å²) in [7, 11) is 1.51. The Labute approximate surface area is 157 Å². The van der Waals surface area contributed by atoms with Crippen molar-refractivity contribution in [1.29, 1.82) is 0 Å². The SMILES string of the molecule is COc1ccc(C(=O)N2CCCC(c3ncncc3-c3ccncc3)C2)o1. The predicted molar refractivity (Wildman–Crippen MR) is 98.4 cm³/mol. The monoisotopic (exact) mass is 364 g/mol. The standard InChI is InChI=1S/C20H20N4O3/c1-26-18-5-4-17(27-18)20(25)24-10-2-3-15(12-24)19-16(11-22-13-23-19)14-6-8-21-9-7-14/h4-9,11,13,15H,2-3,10,12H2,1H3. The Bertz CT molecular complexity index is 926. The van der Waals surface area contributed by atoms with Gasteiger partial charge in [0.05, 0.1) is 12.8 Å². The van der Waals surface area contributed by atoms with Crippen LogP contribution in [0.15, 0.2) is 53.6 Å². The highest BCUT2D eigenvalue weighted by Gasteiger charge is 2.29. The van der Waals surface area contributed by atoms with Crippen molar-refractivity contribution in [3.63, 3.8) is 0 Å². The second kappa shape index (κ2) is 7.57. The number of furan rings is 1. The number of nitrogens with zero attached hydrogens (tertiary/aromatic N) is 4. The fraction of sp³-hybridized carbons (Fsp3) is 0.300. The lowest BCUT2D eigenvalue weighted by molar-refractivity contribution is 0.0667. The zero-order valence-electron chi connectivity index (χ0n) is 15.0. The molecular weight excluding hydrogens is 344 g/mol. The molecule has 0 radical (unpaired) electrons. The van der Waals surface area contributed by atoms with Crippen LogP contribution in [-0.2, 0) is 0 Å². The first-order chi connectivity index (χ1) is 13.3. The van der Waals surface area contributed by atoms with Gasteiger partial charge in [-0.15, -0.1) is 0 Å². The van der Waals surface area contributed by atoms with Crippen molar-refractivity contribution in [1.82, 2.24) is 19.9 Å². The summed E-state index contributed by atoms with van der Waals surface area (Å²) in [4.78, 5) is 27.4. The van der Waals surface area contributed by atoms with E-state index in [-0.39, 0.29) is 11.8 Å². The fourth-order valence-electron chi connectivity index (χ4n) is 3.50. The zero-order valence-corrected chi connectivity index (χ0v) is 15.0. The zero-order chi connectivity index (χ0) is 18.6.